The number of carbonyl (C=O) groups excluding carboxylic acids is 3. The first-order chi connectivity index (χ1) is 17.9. The predicted octanol–water partition coefficient (Wildman–Crippen LogP) is 2.23. The first kappa shape index (κ1) is 26.8. The molecule has 12 heteroatoms. The topological polar surface area (TPSA) is 138 Å². The van der Waals surface area contributed by atoms with Crippen LogP contribution < -0.4 is 21.8 Å². The lowest BCUT2D eigenvalue weighted by Crippen LogP contribution is -2.53. The zero-order valence-corrected chi connectivity index (χ0v) is 21.7. The van der Waals surface area contributed by atoms with Crippen molar-refractivity contribution in [3.63, 3.8) is 0 Å². The van der Waals surface area contributed by atoms with E-state index in [4.69, 9.17) is 22.1 Å². The summed E-state index contributed by atoms with van der Waals surface area (Å²) in [6.45, 7) is 0.690. The van der Waals surface area contributed by atoms with E-state index in [1.54, 1.807) is 11.0 Å². The summed E-state index contributed by atoms with van der Waals surface area (Å²) in [5, 5.41) is 11.2. The average Bonchev–Trinajstić information content (AvgIpc) is 3.40. The lowest BCUT2D eigenvalue weighted by molar-refractivity contribution is -0.142. The van der Waals surface area contributed by atoms with Gasteiger partial charge >= 0.3 is 6.09 Å². The summed E-state index contributed by atoms with van der Waals surface area (Å²) in [5.74, 6) is -0.439. The van der Waals surface area contributed by atoms with Gasteiger partial charge in [0, 0.05) is 30.2 Å². The van der Waals surface area contributed by atoms with Gasteiger partial charge in [0.05, 0.1) is 12.0 Å². The van der Waals surface area contributed by atoms with Crippen molar-refractivity contribution in [2.75, 3.05) is 26.2 Å². The van der Waals surface area contributed by atoms with E-state index >= 15 is 0 Å². The standard InChI is InChI=1S/C25H29ClN6O4S/c26-19-9-5-4-8-18(19)15-28-22(34)25(10-12-32(13-11-25)20(33)14-27)16-36-24(35)29-23-31-30-21(37-23)17-6-2-1-3-7-17/h1-9,23,31H,10-16,27H2,(H,28,34)(H,29,35). The molecule has 0 spiro atoms. The highest BCUT2D eigenvalue weighted by atomic mass is 35.5. The van der Waals surface area contributed by atoms with E-state index in [9.17, 15) is 14.4 Å². The third-order valence-electron chi connectivity index (χ3n) is 6.39. The maximum atomic E-state index is 13.4. The van der Waals surface area contributed by atoms with Gasteiger partial charge in [-0.25, -0.2) is 4.79 Å². The molecule has 5 N–H and O–H groups in total. The van der Waals surface area contributed by atoms with Gasteiger partial charge in [-0.2, -0.15) is 5.10 Å². The molecule has 4 rings (SSSR count). The van der Waals surface area contributed by atoms with E-state index in [0.29, 0.717) is 31.0 Å². The van der Waals surface area contributed by atoms with Crippen molar-refractivity contribution in [2.45, 2.75) is 24.9 Å². The Balaban J connectivity index is 1.35. The fraction of sp³-hybridized carbons (Fsp3) is 0.360. The van der Waals surface area contributed by atoms with Gasteiger partial charge < -0.3 is 20.7 Å². The van der Waals surface area contributed by atoms with Gasteiger partial charge in [0.25, 0.3) is 0 Å². The van der Waals surface area contributed by atoms with Crippen LogP contribution in [0.5, 0.6) is 0 Å². The average molecular weight is 545 g/mol. The molecule has 0 radical (unpaired) electrons. The molecule has 196 valence electrons. The predicted molar refractivity (Wildman–Crippen MR) is 143 cm³/mol. The van der Waals surface area contributed by atoms with E-state index in [1.165, 1.54) is 11.8 Å². The quantitative estimate of drug-likeness (QED) is 0.400. The third-order valence-corrected chi connectivity index (χ3v) is 7.77. The number of benzene rings is 2. The van der Waals surface area contributed by atoms with Crippen LogP contribution in [0.1, 0.15) is 24.0 Å². The van der Waals surface area contributed by atoms with Crippen molar-refractivity contribution in [1.82, 2.24) is 21.0 Å². The maximum Gasteiger partial charge on any atom is 0.409 e. The van der Waals surface area contributed by atoms with Crippen LogP contribution in [-0.4, -0.2) is 59.6 Å². The summed E-state index contributed by atoms with van der Waals surface area (Å²) < 4.78 is 5.54. The highest BCUT2D eigenvalue weighted by molar-refractivity contribution is 8.15. The van der Waals surface area contributed by atoms with Crippen LogP contribution in [0.25, 0.3) is 0 Å². The van der Waals surface area contributed by atoms with Crippen molar-refractivity contribution in [3.05, 3.63) is 70.7 Å². The highest BCUT2D eigenvalue weighted by Gasteiger charge is 2.43. The first-order valence-corrected chi connectivity index (χ1v) is 13.1. The van der Waals surface area contributed by atoms with Crippen molar-refractivity contribution in [3.8, 4) is 0 Å². The zero-order valence-electron chi connectivity index (χ0n) is 20.1. The van der Waals surface area contributed by atoms with Crippen LogP contribution in [0.15, 0.2) is 59.7 Å². The molecule has 1 saturated heterocycles. The number of carbonyl (C=O) groups is 3. The van der Waals surface area contributed by atoms with E-state index < -0.39 is 17.0 Å². The molecule has 0 saturated carbocycles. The summed E-state index contributed by atoms with van der Waals surface area (Å²) in [5.41, 5.74) is 8.58. The number of hydrogen-bond donors (Lipinski definition) is 4. The number of thioether (sulfide) groups is 1. The number of likely N-dealkylation sites (tertiary alicyclic amines) is 1. The van der Waals surface area contributed by atoms with Gasteiger partial charge in [0.1, 0.15) is 11.7 Å². The van der Waals surface area contributed by atoms with Gasteiger partial charge in [0.2, 0.25) is 11.8 Å². The Morgan fingerprint density at radius 2 is 1.84 bits per heavy atom. The second-order valence-electron chi connectivity index (χ2n) is 8.77. The van der Waals surface area contributed by atoms with Crippen molar-refractivity contribution < 1.29 is 19.1 Å². The van der Waals surface area contributed by atoms with Crippen LogP contribution in [0.2, 0.25) is 5.02 Å². The molecule has 2 aromatic carbocycles. The monoisotopic (exact) mass is 544 g/mol. The number of hydrogen-bond acceptors (Lipinski definition) is 8. The molecule has 1 unspecified atom stereocenters. The van der Waals surface area contributed by atoms with Crippen LogP contribution in [0, 0.1) is 5.41 Å². The molecular formula is C25H29ClN6O4S. The molecular weight excluding hydrogens is 516 g/mol. The number of ether oxygens (including phenoxy) is 1. The Kier molecular flexibility index (Phi) is 8.91. The van der Waals surface area contributed by atoms with Crippen molar-refractivity contribution in [2.24, 2.45) is 16.3 Å². The molecule has 0 aliphatic carbocycles. The summed E-state index contributed by atoms with van der Waals surface area (Å²) in [4.78, 5) is 39.7. The van der Waals surface area contributed by atoms with Gasteiger partial charge in [-0.15, -0.1) is 0 Å². The van der Waals surface area contributed by atoms with Crippen molar-refractivity contribution >= 4 is 46.3 Å². The molecule has 0 aromatic heterocycles. The van der Waals surface area contributed by atoms with Crippen LogP contribution in [0.3, 0.4) is 0 Å². The lowest BCUT2D eigenvalue weighted by atomic mass is 9.78. The molecule has 10 nitrogen and oxygen atoms in total. The third kappa shape index (κ3) is 6.73. The molecule has 2 aromatic rings. The number of nitrogens with zero attached hydrogens (tertiary/aromatic N) is 2. The summed E-state index contributed by atoms with van der Waals surface area (Å²) in [6, 6.07) is 16.9. The summed E-state index contributed by atoms with van der Waals surface area (Å²) in [7, 11) is 0. The molecule has 2 aliphatic heterocycles. The second-order valence-corrected chi connectivity index (χ2v) is 10.3. The number of rotatable bonds is 8. The number of alkyl carbamates (subject to hydrolysis) is 1. The molecule has 1 fully saturated rings. The molecule has 2 aliphatic rings. The number of nitrogens with two attached hydrogens (primary N) is 1. The van der Waals surface area contributed by atoms with E-state index in [1.807, 2.05) is 48.5 Å². The minimum Gasteiger partial charge on any atom is -0.448 e. The Morgan fingerprint density at radius 3 is 2.54 bits per heavy atom. The highest BCUT2D eigenvalue weighted by Crippen LogP contribution is 2.33. The molecule has 0 bridgehead atoms. The normalized spacial score (nSPS) is 18.4. The Bertz CT molecular complexity index is 1160. The molecule has 1 atom stereocenters. The smallest absolute Gasteiger partial charge is 0.409 e. The lowest BCUT2D eigenvalue weighted by Gasteiger charge is -2.40. The minimum atomic E-state index is -0.994. The van der Waals surface area contributed by atoms with Gasteiger partial charge in [-0.1, -0.05) is 71.9 Å². The van der Waals surface area contributed by atoms with Crippen LogP contribution in [0.4, 0.5) is 4.79 Å². The zero-order chi connectivity index (χ0) is 26.3. The minimum absolute atomic E-state index is 0.0935. The molecule has 3 amide bonds. The first-order valence-electron chi connectivity index (χ1n) is 11.9. The Hall–Kier alpha value is -3.28. The van der Waals surface area contributed by atoms with Gasteiger partial charge in [-0.3, -0.25) is 20.3 Å². The van der Waals surface area contributed by atoms with E-state index in [2.05, 4.69) is 21.2 Å². The van der Waals surface area contributed by atoms with Crippen molar-refractivity contribution in [1.29, 1.82) is 0 Å². The van der Waals surface area contributed by atoms with E-state index in [-0.39, 0.29) is 31.5 Å². The van der Waals surface area contributed by atoms with E-state index in [0.717, 1.165) is 16.2 Å². The largest absolute Gasteiger partial charge is 0.448 e. The number of piperidine rings is 1. The SMILES string of the molecule is NCC(=O)N1CCC(COC(=O)NC2NN=C(c3ccccc3)S2)(C(=O)NCc2ccccc2Cl)CC1. The molecule has 2 heterocycles. The number of amides is 3. The fourth-order valence-electron chi connectivity index (χ4n) is 4.16. The number of hydrazone groups is 1. The van der Waals surface area contributed by atoms with Gasteiger partial charge in [0.15, 0.2) is 5.50 Å². The summed E-state index contributed by atoms with van der Waals surface area (Å²) >= 11 is 7.58. The Morgan fingerprint density at radius 1 is 1.14 bits per heavy atom. The summed E-state index contributed by atoms with van der Waals surface area (Å²) in [6.07, 6.45) is -0.0101. The van der Waals surface area contributed by atoms with Gasteiger partial charge in [-0.05, 0) is 24.5 Å². The Labute approximate surface area is 224 Å². The fourth-order valence-corrected chi connectivity index (χ4v) is 5.23. The second kappa shape index (κ2) is 12.3. The maximum absolute atomic E-state index is 13.4. The molecule has 37 heavy (non-hydrogen) atoms. The van der Waals surface area contributed by atoms with Crippen LogP contribution >= 0.6 is 23.4 Å². The number of nitrogens with one attached hydrogen (secondary N) is 3. The van der Waals surface area contributed by atoms with Crippen LogP contribution in [-0.2, 0) is 20.9 Å². The number of halogens is 1.